The van der Waals surface area contributed by atoms with Crippen molar-refractivity contribution in [2.24, 2.45) is 0 Å². The first-order valence-corrected chi connectivity index (χ1v) is 12.4. The molecule has 10 heteroatoms. The van der Waals surface area contributed by atoms with Gasteiger partial charge in [0.25, 0.3) is 0 Å². The second kappa shape index (κ2) is 18.5. The Balaban J connectivity index is 1.63. The van der Waals surface area contributed by atoms with Gasteiger partial charge in [0.1, 0.15) is 50.1 Å². The number of aliphatic hydroxyl groups is 2. The number of carbonyl (C=O) groups excluding carboxylic acids is 2. The van der Waals surface area contributed by atoms with Crippen LogP contribution in [-0.2, 0) is 28.5 Å². The molecule has 0 amide bonds. The highest BCUT2D eigenvalue weighted by atomic mass is 16.6. The van der Waals surface area contributed by atoms with E-state index in [0.29, 0.717) is 24.5 Å². The Bertz CT molecular complexity index is 1040. The number of esters is 2. The second-order valence-corrected chi connectivity index (χ2v) is 8.30. The van der Waals surface area contributed by atoms with Crippen molar-refractivity contribution >= 4 is 18.0 Å². The van der Waals surface area contributed by atoms with E-state index in [1.165, 1.54) is 0 Å². The largest absolute Gasteiger partial charge is 0.491 e. The Morgan fingerprint density at radius 3 is 2.03 bits per heavy atom. The molecular weight excluding hydrogens is 508 g/mol. The third kappa shape index (κ3) is 14.1. The van der Waals surface area contributed by atoms with Gasteiger partial charge in [0, 0.05) is 11.6 Å². The molecule has 0 aliphatic heterocycles. The van der Waals surface area contributed by atoms with Crippen LogP contribution in [0.15, 0.2) is 72.8 Å². The van der Waals surface area contributed by atoms with Gasteiger partial charge in [-0.25, -0.2) is 9.59 Å². The van der Waals surface area contributed by atoms with E-state index in [1.807, 2.05) is 30.3 Å². The lowest BCUT2D eigenvalue weighted by molar-refractivity contribution is -0.143. The van der Waals surface area contributed by atoms with Gasteiger partial charge >= 0.3 is 11.9 Å². The molecule has 2 aromatic carbocycles. The number of carbonyl (C=O) groups is 2. The van der Waals surface area contributed by atoms with Crippen molar-refractivity contribution in [2.75, 3.05) is 52.9 Å². The molecule has 39 heavy (non-hydrogen) atoms. The molecule has 0 spiro atoms. The minimum atomic E-state index is -0.958. The molecule has 2 unspecified atom stereocenters. The molecule has 0 aromatic heterocycles. The Morgan fingerprint density at radius 1 is 0.795 bits per heavy atom. The van der Waals surface area contributed by atoms with Crippen molar-refractivity contribution < 1.29 is 48.2 Å². The number of benzene rings is 2. The van der Waals surface area contributed by atoms with E-state index in [2.05, 4.69) is 6.58 Å². The fourth-order valence-electron chi connectivity index (χ4n) is 3.01. The summed E-state index contributed by atoms with van der Waals surface area (Å²) in [5.41, 5.74) is 1.08. The number of rotatable bonds is 19. The maximum Gasteiger partial charge on any atom is 0.333 e. The smallest absolute Gasteiger partial charge is 0.333 e. The van der Waals surface area contributed by atoms with Crippen molar-refractivity contribution in [1.29, 1.82) is 0 Å². The van der Waals surface area contributed by atoms with E-state index in [1.54, 1.807) is 37.3 Å². The van der Waals surface area contributed by atoms with Crippen molar-refractivity contribution in [3.8, 4) is 11.5 Å². The quantitative estimate of drug-likeness (QED) is 0.155. The zero-order chi connectivity index (χ0) is 28.3. The van der Waals surface area contributed by atoms with Gasteiger partial charge in [0.05, 0.1) is 26.4 Å². The van der Waals surface area contributed by atoms with Crippen molar-refractivity contribution in [1.82, 2.24) is 0 Å². The summed E-state index contributed by atoms with van der Waals surface area (Å²) in [5, 5.41) is 19.7. The first kappa shape index (κ1) is 31.5. The first-order valence-electron chi connectivity index (χ1n) is 12.4. The molecule has 0 fully saturated rings. The Hall–Kier alpha value is -3.70. The summed E-state index contributed by atoms with van der Waals surface area (Å²) in [6.07, 6.45) is 0.762. The van der Waals surface area contributed by atoms with Crippen molar-refractivity contribution in [2.45, 2.75) is 19.1 Å². The van der Waals surface area contributed by atoms with E-state index in [0.717, 1.165) is 17.4 Å². The predicted molar refractivity (Wildman–Crippen MR) is 143 cm³/mol. The van der Waals surface area contributed by atoms with Crippen LogP contribution in [0.1, 0.15) is 12.5 Å². The molecule has 0 bridgehead atoms. The maximum absolute atomic E-state index is 12.3. The number of hydrogen-bond acceptors (Lipinski definition) is 10. The molecule has 2 N–H and O–H groups in total. The van der Waals surface area contributed by atoms with Gasteiger partial charge in [0.15, 0.2) is 0 Å². The topological polar surface area (TPSA) is 130 Å². The minimum absolute atomic E-state index is 0.0125. The standard InChI is InChI=1S/C29H36O10/c1-3-28(32)38-20-24(30)18-35-13-15-37-27-11-7-8-23(17-27)16-22(2)29(33)39-21-25(31)19-34-12-14-36-26-9-5-4-6-10-26/h3-11,16-17,24-25,30-31H,1,12-15,18-21H2,2H3/b22-16+. The molecule has 0 radical (unpaired) electrons. The monoisotopic (exact) mass is 544 g/mol. The fraction of sp³-hybridized carbons (Fsp3) is 0.379. The van der Waals surface area contributed by atoms with Crippen molar-refractivity contribution in [3.63, 3.8) is 0 Å². The molecule has 0 aliphatic rings. The normalized spacial score (nSPS) is 12.7. The second-order valence-electron chi connectivity index (χ2n) is 8.30. The molecule has 10 nitrogen and oxygen atoms in total. The van der Waals surface area contributed by atoms with Gasteiger partial charge in [0.2, 0.25) is 0 Å². The number of ether oxygens (including phenoxy) is 6. The van der Waals surface area contributed by atoms with Crippen LogP contribution in [0.5, 0.6) is 11.5 Å². The third-order valence-electron chi connectivity index (χ3n) is 4.91. The fourth-order valence-corrected chi connectivity index (χ4v) is 3.01. The van der Waals surface area contributed by atoms with Crippen LogP contribution < -0.4 is 9.47 Å². The van der Waals surface area contributed by atoms with E-state index in [-0.39, 0.29) is 39.6 Å². The summed E-state index contributed by atoms with van der Waals surface area (Å²) in [6.45, 7) is 5.58. The van der Waals surface area contributed by atoms with Gasteiger partial charge in [-0.05, 0) is 42.8 Å². The highest BCUT2D eigenvalue weighted by Crippen LogP contribution is 2.16. The highest BCUT2D eigenvalue weighted by molar-refractivity contribution is 5.93. The van der Waals surface area contributed by atoms with Gasteiger partial charge in [-0.1, -0.05) is 36.9 Å². The first-order chi connectivity index (χ1) is 18.9. The molecule has 0 heterocycles. The molecular formula is C29H36O10. The number of hydrogen-bond donors (Lipinski definition) is 2. The summed E-state index contributed by atoms with van der Waals surface area (Å²) in [6, 6.07) is 16.4. The molecule has 0 saturated heterocycles. The van der Waals surface area contributed by atoms with E-state index < -0.39 is 24.1 Å². The Labute approximate surface area is 228 Å². The Morgan fingerprint density at radius 2 is 1.38 bits per heavy atom. The van der Waals surface area contributed by atoms with Gasteiger partial charge < -0.3 is 38.6 Å². The maximum atomic E-state index is 12.3. The van der Waals surface area contributed by atoms with Crippen molar-refractivity contribution in [3.05, 3.63) is 78.4 Å². The van der Waals surface area contributed by atoms with Crippen LogP contribution in [0.4, 0.5) is 0 Å². The van der Waals surface area contributed by atoms with Gasteiger partial charge in [-0.2, -0.15) is 0 Å². The van der Waals surface area contributed by atoms with Gasteiger partial charge in [-0.3, -0.25) is 0 Å². The summed E-state index contributed by atoms with van der Waals surface area (Å²) < 4.78 is 31.7. The van der Waals surface area contributed by atoms with Crippen LogP contribution in [-0.4, -0.2) is 87.2 Å². The van der Waals surface area contributed by atoms with Crippen LogP contribution in [0.3, 0.4) is 0 Å². The molecule has 212 valence electrons. The predicted octanol–water partition coefficient (Wildman–Crippen LogP) is 2.58. The average molecular weight is 545 g/mol. The number of aliphatic hydroxyl groups excluding tert-OH is 2. The van der Waals surface area contributed by atoms with Crippen LogP contribution in [0, 0.1) is 0 Å². The van der Waals surface area contributed by atoms with Crippen LogP contribution >= 0.6 is 0 Å². The molecule has 2 atom stereocenters. The molecule has 2 rings (SSSR count). The SMILES string of the molecule is C=CC(=O)OCC(O)COCCOc1cccc(/C=C(\C)C(=O)OCC(O)COCCOc2ccccc2)c1. The average Bonchev–Trinajstić information content (AvgIpc) is 2.94. The number of para-hydroxylation sites is 1. The van der Waals surface area contributed by atoms with Crippen LogP contribution in [0.25, 0.3) is 6.08 Å². The zero-order valence-electron chi connectivity index (χ0n) is 22.0. The lowest BCUT2D eigenvalue weighted by Gasteiger charge is -2.13. The molecule has 2 aromatic rings. The molecule has 0 aliphatic carbocycles. The Kier molecular flexibility index (Phi) is 15.0. The van der Waals surface area contributed by atoms with Gasteiger partial charge in [-0.15, -0.1) is 0 Å². The summed E-state index contributed by atoms with van der Waals surface area (Å²) in [5.74, 6) is 0.136. The van der Waals surface area contributed by atoms with E-state index >= 15 is 0 Å². The summed E-state index contributed by atoms with van der Waals surface area (Å²) in [4.78, 5) is 23.3. The van der Waals surface area contributed by atoms with E-state index in [9.17, 15) is 19.8 Å². The third-order valence-corrected chi connectivity index (χ3v) is 4.91. The summed E-state index contributed by atoms with van der Waals surface area (Å²) >= 11 is 0. The van der Waals surface area contributed by atoms with E-state index in [4.69, 9.17) is 28.4 Å². The molecule has 0 saturated carbocycles. The zero-order valence-corrected chi connectivity index (χ0v) is 22.0. The summed E-state index contributed by atoms with van der Waals surface area (Å²) in [7, 11) is 0. The minimum Gasteiger partial charge on any atom is -0.491 e. The highest BCUT2D eigenvalue weighted by Gasteiger charge is 2.11. The van der Waals surface area contributed by atoms with Crippen LogP contribution in [0.2, 0.25) is 0 Å². The lowest BCUT2D eigenvalue weighted by atomic mass is 10.1. The lowest BCUT2D eigenvalue weighted by Crippen LogP contribution is -2.25.